The quantitative estimate of drug-likeness (QED) is 0.561. The Hall–Kier alpha value is -2.37. The molecule has 0 spiro atoms. The number of aromatic hydroxyl groups is 1. The van der Waals surface area contributed by atoms with Gasteiger partial charge in [-0.1, -0.05) is 48.6 Å². The molecule has 5 heteroatoms. The van der Waals surface area contributed by atoms with Gasteiger partial charge in [-0.25, -0.2) is 0 Å². The minimum atomic E-state index is -0.652. The van der Waals surface area contributed by atoms with Crippen molar-refractivity contribution in [3.8, 4) is 5.75 Å². The minimum absolute atomic E-state index is 0.00405. The maximum absolute atomic E-state index is 11.4. The number of amides is 1. The number of carbonyl (C=O) groups is 1. The van der Waals surface area contributed by atoms with Crippen molar-refractivity contribution in [3.05, 3.63) is 66.3 Å². The number of aliphatic hydroxyl groups excluding tert-OH is 2. The van der Waals surface area contributed by atoms with Crippen molar-refractivity contribution >= 4 is 5.91 Å². The molecular weight excluding hydrogens is 330 g/mol. The van der Waals surface area contributed by atoms with Crippen LogP contribution in [0.5, 0.6) is 5.75 Å². The van der Waals surface area contributed by atoms with Gasteiger partial charge in [0.25, 0.3) is 0 Å². The van der Waals surface area contributed by atoms with E-state index in [1.54, 1.807) is 68.8 Å². The second kappa shape index (κ2) is 12.1. The number of benzene rings is 1. The van der Waals surface area contributed by atoms with Gasteiger partial charge in [-0.05, 0) is 37.0 Å². The molecule has 26 heavy (non-hydrogen) atoms. The molecule has 1 aromatic carbocycles. The lowest BCUT2D eigenvalue weighted by Gasteiger charge is -2.10. The highest BCUT2D eigenvalue weighted by Gasteiger charge is 2.06. The summed E-state index contributed by atoms with van der Waals surface area (Å²) in [6, 6.07) is 7.01. The molecule has 1 aromatic rings. The van der Waals surface area contributed by atoms with Crippen LogP contribution in [0.3, 0.4) is 0 Å². The largest absolute Gasteiger partial charge is 0.508 e. The van der Waals surface area contributed by atoms with E-state index in [1.165, 1.54) is 4.90 Å². The van der Waals surface area contributed by atoms with Crippen molar-refractivity contribution in [2.24, 2.45) is 0 Å². The fourth-order valence-corrected chi connectivity index (χ4v) is 2.23. The topological polar surface area (TPSA) is 81.0 Å². The zero-order valence-electron chi connectivity index (χ0n) is 15.5. The molecule has 5 nitrogen and oxygen atoms in total. The third-order valence-corrected chi connectivity index (χ3v) is 3.79. The van der Waals surface area contributed by atoms with Crippen LogP contribution in [0.25, 0.3) is 0 Å². The summed E-state index contributed by atoms with van der Waals surface area (Å²) >= 11 is 0. The van der Waals surface area contributed by atoms with Gasteiger partial charge in [0.05, 0.1) is 12.2 Å². The Kier molecular flexibility index (Phi) is 10.1. The number of phenols is 1. The molecular formula is C21H29NO4. The maximum atomic E-state index is 11.4. The molecule has 1 amide bonds. The normalized spacial score (nSPS) is 14.3. The first kappa shape index (κ1) is 21.7. The monoisotopic (exact) mass is 359 g/mol. The van der Waals surface area contributed by atoms with Gasteiger partial charge in [0, 0.05) is 20.5 Å². The van der Waals surface area contributed by atoms with Gasteiger partial charge in [-0.3, -0.25) is 4.79 Å². The summed E-state index contributed by atoms with van der Waals surface area (Å²) in [6.07, 6.45) is 11.1. The van der Waals surface area contributed by atoms with Crippen LogP contribution in [0.15, 0.2) is 60.7 Å². The lowest BCUT2D eigenvalue weighted by Crippen LogP contribution is -2.22. The van der Waals surface area contributed by atoms with Crippen LogP contribution in [0.1, 0.15) is 24.8 Å². The van der Waals surface area contributed by atoms with Crippen molar-refractivity contribution < 1.29 is 20.1 Å². The van der Waals surface area contributed by atoms with Gasteiger partial charge in [-0.2, -0.15) is 0 Å². The summed E-state index contributed by atoms with van der Waals surface area (Å²) < 4.78 is 0. The van der Waals surface area contributed by atoms with Crippen molar-refractivity contribution in [2.45, 2.75) is 37.9 Å². The fraction of sp³-hybridized carbons (Fsp3) is 0.381. The summed E-state index contributed by atoms with van der Waals surface area (Å²) in [5.74, 6) is 0.228. The Balaban J connectivity index is 2.26. The van der Waals surface area contributed by atoms with Crippen LogP contribution < -0.4 is 0 Å². The van der Waals surface area contributed by atoms with E-state index in [4.69, 9.17) is 0 Å². The molecule has 0 saturated heterocycles. The summed E-state index contributed by atoms with van der Waals surface area (Å²) in [6.45, 7) is 0. The van der Waals surface area contributed by atoms with E-state index in [1.807, 2.05) is 6.07 Å². The highest BCUT2D eigenvalue weighted by Crippen LogP contribution is 2.13. The van der Waals surface area contributed by atoms with E-state index in [-0.39, 0.29) is 11.7 Å². The number of carbonyl (C=O) groups excluding carboxylic acids is 1. The highest BCUT2D eigenvalue weighted by atomic mass is 16.3. The van der Waals surface area contributed by atoms with Crippen LogP contribution in [0, 0.1) is 0 Å². The summed E-state index contributed by atoms with van der Waals surface area (Å²) in [7, 11) is 3.38. The molecule has 0 bridgehead atoms. The lowest BCUT2D eigenvalue weighted by atomic mass is 10.1. The molecule has 2 atom stereocenters. The van der Waals surface area contributed by atoms with Crippen LogP contribution in [-0.2, 0) is 11.2 Å². The number of aliphatic hydroxyl groups is 2. The molecule has 0 heterocycles. The molecule has 3 N–H and O–H groups in total. The molecule has 0 radical (unpaired) electrons. The second-order valence-electron chi connectivity index (χ2n) is 6.32. The minimum Gasteiger partial charge on any atom is -0.508 e. The standard InChI is InChI=1S/C21H29NO4/c1-22(2)21(26)15-14-19(24)10-6-4-3-5-9-18(23)13-12-17-8-7-11-20(25)16-17/h3-11,16,18-19,23-25H,12-15H2,1-2H3/b4-3+,9-5+,10-6+. The zero-order chi connectivity index (χ0) is 19.4. The van der Waals surface area contributed by atoms with Gasteiger partial charge in [0.2, 0.25) is 5.91 Å². The predicted octanol–water partition coefficient (Wildman–Crippen LogP) is 2.58. The number of aryl methyl sites for hydroxylation is 1. The third kappa shape index (κ3) is 9.81. The molecule has 0 saturated carbocycles. The Morgan fingerprint density at radius 3 is 2.23 bits per heavy atom. The van der Waals surface area contributed by atoms with E-state index in [9.17, 15) is 20.1 Å². The zero-order valence-corrected chi connectivity index (χ0v) is 15.5. The van der Waals surface area contributed by atoms with E-state index >= 15 is 0 Å². The van der Waals surface area contributed by atoms with Crippen molar-refractivity contribution in [1.82, 2.24) is 4.90 Å². The maximum Gasteiger partial charge on any atom is 0.222 e. The second-order valence-corrected chi connectivity index (χ2v) is 6.32. The number of phenolic OH excluding ortho intramolecular Hbond substituents is 1. The first-order valence-electron chi connectivity index (χ1n) is 8.74. The summed E-state index contributed by atoms with van der Waals surface area (Å²) in [5.41, 5.74) is 0.984. The highest BCUT2D eigenvalue weighted by molar-refractivity contribution is 5.75. The van der Waals surface area contributed by atoms with Crippen LogP contribution in [0.4, 0.5) is 0 Å². The SMILES string of the molecule is CN(C)C(=O)CCC(O)/C=C/C=C/C=C/C(O)CCc1cccc(O)c1. The van der Waals surface area contributed by atoms with Crippen molar-refractivity contribution in [2.75, 3.05) is 14.1 Å². The Morgan fingerprint density at radius 1 is 1.04 bits per heavy atom. The summed E-state index contributed by atoms with van der Waals surface area (Å²) in [4.78, 5) is 12.9. The lowest BCUT2D eigenvalue weighted by molar-refractivity contribution is -0.129. The number of nitrogens with zero attached hydrogens (tertiary/aromatic N) is 1. The van der Waals surface area contributed by atoms with Gasteiger partial charge in [0.15, 0.2) is 0 Å². The van der Waals surface area contributed by atoms with Crippen molar-refractivity contribution in [3.63, 3.8) is 0 Å². The molecule has 142 valence electrons. The van der Waals surface area contributed by atoms with Crippen LogP contribution >= 0.6 is 0 Å². The first-order valence-corrected chi connectivity index (χ1v) is 8.74. The summed E-state index contributed by atoms with van der Waals surface area (Å²) in [5, 5.41) is 29.1. The third-order valence-electron chi connectivity index (χ3n) is 3.79. The van der Waals surface area contributed by atoms with E-state index in [2.05, 4.69) is 0 Å². The molecule has 0 aliphatic carbocycles. The van der Waals surface area contributed by atoms with Gasteiger partial charge in [-0.15, -0.1) is 0 Å². The molecule has 2 unspecified atom stereocenters. The van der Waals surface area contributed by atoms with Gasteiger partial charge < -0.3 is 20.2 Å². The first-order chi connectivity index (χ1) is 12.4. The number of rotatable bonds is 10. The molecule has 0 aromatic heterocycles. The number of hydrogen-bond acceptors (Lipinski definition) is 4. The van der Waals surface area contributed by atoms with Crippen molar-refractivity contribution in [1.29, 1.82) is 0 Å². The number of hydrogen-bond donors (Lipinski definition) is 3. The smallest absolute Gasteiger partial charge is 0.222 e. The van der Waals surface area contributed by atoms with E-state index < -0.39 is 12.2 Å². The molecule has 1 rings (SSSR count). The van der Waals surface area contributed by atoms with Crippen LogP contribution in [0.2, 0.25) is 0 Å². The average molecular weight is 359 g/mol. The van der Waals surface area contributed by atoms with E-state index in [0.29, 0.717) is 25.7 Å². The predicted molar refractivity (Wildman–Crippen MR) is 104 cm³/mol. The average Bonchev–Trinajstić information content (AvgIpc) is 2.60. The number of allylic oxidation sites excluding steroid dienone is 4. The Morgan fingerprint density at radius 2 is 1.65 bits per heavy atom. The Bertz CT molecular complexity index is 635. The van der Waals surface area contributed by atoms with E-state index in [0.717, 1.165) is 5.56 Å². The molecule has 0 aliphatic heterocycles. The van der Waals surface area contributed by atoms with Gasteiger partial charge in [0.1, 0.15) is 5.75 Å². The van der Waals surface area contributed by atoms with Crippen LogP contribution in [-0.4, -0.2) is 52.4 Å². The molecule has 0 fully saturated rings. The Labute approximate surface area is 155 Å². The molecule has 0 aliphatic rings. The van der Waals surface area contributed by atoms with Gasteiger partial charge >= 0.3 is 0 Å². The fourth-order valence-electron chi connectivity index (χ4n) is 2.23.